The standard InChI is InChI=1S/C24H21FN2O2/c1-16-6-2-5-9-21(16)26-23(28)14-22(17-10-12-19(25)13-11-17)27-15-18-7-3-4-8-20(18)24(27)29/h2-13,22H,14-15H2,1H3,(H,26,28)/t22-/m1/s1. The number of carbonyl (C=O) groups is 2. The zero-order chi connectivity index (χ0) is 20.4. The number of carbonyl (C=O) groups excluding carboxylic acids is 2. The molecule has 0 spiro atoms. The monoisotopic (exact) mass is 388 g/mol. The van der Waals surface area contributed by atoms with Gasteiger partial charge in [0.05, 0.1) is 12.5 Å². The maximum Gasteiger partial charge on any atom is 0.255 e. The highest BCUT2D eigenvalue weighted by molar-refractivity contribution is 5.99. The molecule has 0 saturated heterocycles. The van der Waals surface area contributed by atoms with E-state index in [0.717, 1.165) is 22.4 Å². The second kappa shape index (κ2) is 7.87. The molecule has 1 heterocycles. The summed E-state index contributed by atoms with van der Waals surface area (Å²) in [6.45, 7) is 2.35. The second-order valence-corrected chi connectivity index (χ2v) is 7.22. The molecule has 0 radical (unpaired) electrons. The van der Waals surface area contributed by atoms with Crippen molar-refractivity contribution >= 4 is 17.5 Å². The van der Waals surface area contributed by atoms with Gasteiger partial charge in [0, 0.05) is 17.8 Å². The SMILES string of the molecule is Cc1ccccc1NC(=O)C[C@H](c1ccc(F)cc1)N1Cc2ccccc2C1=O. The van der Waals surface area contributed by atoms with E-state index >= 15 is 0 Å². The molecule has 0 unspecified atom stereocenters. The van der Waals surface area contributed by atoms with Crippen molar-refractivity contribution in [2.24, 2.45) is 0 Å². The Balaban J connectivity index is 1.61. The first kappa shape index (κ1) is 18.9. The average molecular weight is 388 g/mol. The van der Waals surface area contributed by atoms with Gasteiger partial charge < -0.3 is 10.2 Å². The molecule has 29 heavy (non-hydrogen) atoms. The molecule has 1 aliphatic heterocycles. The Bertz CT molecular complexity index is 1060. The van der Waals surface area contributed by atoms with Gasteiger partial charge in [-0.3, -0.25) is 9.59 Å². The van der Waals surface area contributed by atoms with E-state index in [2.05, 4.69) is 5.32 Å². The first-order chi connectivity index (χ1) is 14.0. The van der Waals surface area contributed by atoms with Gasteiger partial charge in [-0.15, -0.1) is 0 Å². The van der Waals surface area contributed by atoms with Crippen molar-refractivity contribution in [2.45, 2.75) is 25.9 Å². The lowest BCUT2D eigenvalue weighted by molar-refractivity contribution is -0.117. The fourth-order valence-corrected chi connectivity index (χ4v) is 3.71. The second-order valence-electron chi connectivity index (χ2n) is 7.22. The van der Waals surface area contributed by atoms with Crippen LogP contribution in [0.15, 0.2) is 72.8 Å². The molecule has 0 saturated carbocycles. The molecule has 0 fully saturated rings. The number of nitrogens with one attached hydrogen (secondary N) is 1. The summed E-state index contributed by atoms with van der Waals surface area (Å²) in [4.78, 5) is 27.5. The number of fused-ring (bicyclic) bond motifs is 1. The number of hydrogen-bond donors (Lipinski definition) is 1. The number of amides is 2. The summed E-state index contributed by atoms with van der Waals surface area (Å²) >= 11 is 0. The largest absolute Gasteiger partial charge is 0.327 e. The zero-order valence-corrected chi connectivity index (χ0v) is 16.1. The van der Waals surface area contributed by atoms with Crippen molar-refractivity contribution in [1.82, 2.24) is 4.90 Å². The molecule has 3 aromatic carbocycles. The van der Waals surface area contributed by atoms with E-state index < -0.39 is 6.04 Å². The molecule has 1 aliphatic rings. The highest BCUT2D eigenvalue weighted by Crippen LogP contribution is 2.34. The van der Waals surface area contributed by atoms with Gasteiger partial charge in [0.1, 0.15) is 5.82 Å². The Morgan fingerprint density at radius 1 is 1.03 bits per heavy atom. The Morgan fingerprint density at radius 3 is 2.45 bits per heavy atom. The van der Waals surface area contributed by atoms with Gasteiger partial charge in [0.15, 0.2) is 0 Å². The van der Waals surface area contributed by atoms with Crippen LogP contribution in [0.3, 0.4) is 0 Å². The van der Waals surface area contributed by atoms with Crippen LogP contribution in [0.2, 0.25) is 0 Å². The first-order valence-electron chi connectivity index (χ1n) is 9.53. The topological polar surface area (TPSA) is 49.4 Å². The van der Waals surface area contributed by atoms with Crippen LogP contribution in [0.5, 0.6) is 0 Å². The summed E-state index contributed by atoms with van der Waals surface area (Å²) in [7, 11) is 0. The summed E-state index contributed by atoms with van der Waals surface area (Å²) in [6.07, 6.45) is 0.0830. The van der Waals surface area contributed by atoms with Gasteiger partial charge in [-0.25, -0.2) is 4.39 Å². The Kier molecular flexibility index (Phi) is 5.12. The van der Waals surface area contributed by atoms with Crippen LogP contribution in [0.1, 0.15) is 39.5 Å². The van der Waals surface area contributed by atoms with Crippen LogP contribution in [0.4, 0.5) is 10.1 Å². The van der Waals surface area contributed by atoms with Gasteiger partial charge in [0.2, 0.25) is 5.91 Å². The number of benzene rings is 3. The summed E-state index contributed by atoms with van der Waals surface area (Å²) in [5, 5.41) is 2.93. The molecular weight excluding hydrogens is 367 g/mol. The third-order valence-corrected chi connectivity index (χ3v) is 5.28. The molecule has 4 nitrogen and oxygen atoms in total. The molecule has 0 aliphatic carbocycles. The van der Waals surface area contributed by atoms with Gasteiger partial charge >= 0.3 is 0 Å². The number of rotatable bonds is 5. The molecule has 2 amide bonds. The maximum absolute atomic E-state index is 13.5. The van der Waals surface area contributed by atoms with E-state index in [1.54, 1.807) is 23.1 Å². The molecule has 1 atom stereocenters. The fourth-order valence-electron chi connectivity index (χ4n) is 3.71. The predicted molar refractivity (Wildman–Crippen MR) is 110 cm³/mol. The molecule has 0 bridgehead atoms. The third kappa shape index (κ3) is 3.90. The molecule has 4 rings (SSSR count). The Morgan fingerprint density at radius 2 is 1.72 bits per heavy atom. The number of halogens is 1. The fraction of sp³-hybridized carbons (Fsp3) is 0.167. The van der Waals surface area contributed by atoms with Crippen LogP contribution < -0.4 is 5.32 Å². The lowest BCUT2D eigenvalue weighted by Crippen LogP contribution is -2.32. The average Bonchev–Trinajstić information content (AvgIpc) is 3.05. The summed E-state index contributed by atoms with van der Waals surface area (Å²) in [5.74, 6) is -0.663. The number of aryl methyl sites for hydroxylation is 1. The highest BCUT2D eigenvalue weighted by Gasteiger charge is 2.34. The summed E-state index contributed by atoms with van der Waals surface area (Å²) < 4.78 is 13.5. The zero-order valence-electron chi connectivity index (χ0n) is 16.1. The minimum atomic E-state index is -0.487. The highest BCUT2D eigenvalue weighted by atomic mass is 19.1. The number of hydrogen-bond acceptors (Lipinski definition) is 2. The van der Waals surface area contributed by atoms with E-state index in [9.17, 15) is 14.0 Å². The minimum Gasteiger partial charge on any atom is -0.327 e. The minimum absolute atomic E-state index is 0.0830. The molecular formula is C24H21FN2O2. The van der Waals surface area contributed by atoms with Gasteiger partial charge in [0.25, 0.3) is 5.91 Å². The van der Waals surface area contributed by atoms with E-state index in [0.29, 0.717) is 12.1 Å². The van der Waals surface area contributed by atoms with Gasteiger partial charge in [-0.1, -0.05) is 48.5 Å². The van der Waals surface area contributed by atoms with E-state index in [1.165, 1.54) is 12.1 Å². The summed E-state index contributed by atoms with van der Waals surface area (Å²) in [6, 6.07) is 20.5. The number of anilines is 1. The summed E-state index contributed by atoms with van der Waals surface area (Å²) in [5.41, 5.74) is 4.02. The van der Waals surface area contributed by atoms with Crippen molar-refractivity contribution in [3.8, 4) is 0 Å². The van der Waals surface area contributed by atoms with Crippen LogP contribution in [-0.2, 0) is 11.3 Å². The first-order valence-corrected chi connectivity index (χ1v) is 9.53. The van der Waals surface area contributed by atoms with Gasteiger partial charge in [-0.2, -0.15) is 0 Å². The third-order valence-electron chi connectivity index (χ3n) is 5.28. The predicted octanol–water partition coefficient (Wildman–Crippen LogP) is 4.86. The molecule has 3 aromatic rings. The van der Waals surface area contributed by atoms with Crippen molar-refractivity contribution in [2.75, 3.05) is 5.32 Å². The van der Waals surface area contributed by atoms with E-state index in [4.69, 9.17) is 0 Å². The lowest BCUT2D eigenvalue weighted by atomic mass is 10.0. The normalized spacial score (nSPS) is 13.9. The van der Waals surface area contributed by atoms with Gasteiger partial charge in [-0.05, 0) is 47.9 Å². The number of nitrogens with zero attached hydrogens (tertiary/aromatic N) is 1. The van der Waals surface area contributed by atoms with Crippen LogP contribution >= 0.6 is 0 Å². The van der Waals surface area contributed by atoms with Crippen molar-refractivity contribution in [3.63, 3.8) is 0 Å². The van der Waals surface area contributed by atoms with Crippen molar-refractivity contribution in [3.05, 3.63) is 101 Å². The Hall–Kier alpha value is -3.47. The number of para-hydroxylation sites is 1. The van der Waals surface area contributed by atoms with Crippen LogP contribution in [0.25, 0.3) is 0 Å². The van der Waals surface area contributed by atoms with E-state index in [1.807, 2.05) is 49.4 Å². The van der Waals surface area contributed by atoms with Crippen LogP contribution in [-0.4, -0.2) is 16.7 Å². The molecule has 1 N–H and O–H groups in total. The lowest BCUT2D eigenvalue weighted by Gasteiger charge is -2.28. The molecule has 146 valence electrons. The maximum atomic E-state index is 13.5. The molecule has 0 aromatic heterocycles. The smallest absolute Gasteiger partial charge is 0.255 e. The quantitative estimate of drug-likeness (QED) is 0.679. The molecule has 5 heteroatoms. The van der Waals surface area contributed by atoms with Crippen molar-refractivity contribution in [1.29, 1.82) is 0 Å². The Labute approximate surface area is 169 Å². The van der Waals surface area contributed by atoms with Crippen LogP contribution in [0, 0.1) is 12.7 Å². The van der Waals surface area contributed by atoms with E-state index in [-0.39, 0.29) is 24.1 Å². The van der Waals surface area contributed by atoms with Crippen molar-refractivity contribution < 1.29 is 14.0 Å².